The van der Waals surface area contributed by atoms with Crippen molar-refractivity contribution in [3.8, 4) is 5.75 Å². The van der Waals surface area contributed by atoms with E-state index in [1.165, 1.54) is 11.8 Å². The quantitative estimate of drug-likeness (QED) is 0.579. The SMILES string of the molecule is CC(C)(O)C1Sc2cccc(OC(F)F)c2[C@H]2C[C@H]1c1nc3ccc(Cl)cc3n12. The monoisotopic (exact) mass is 436 g/mol. The van der Waals surface area contributed by atoms with Crippen molar-refractivity contribution >= 4 is 34.4 Å². The van der Waals surface area contributed by atoms with Gasteiger partial charge in [-0.2, -0.15) is 8.78 Å². The lowest BCUT2D eigenvalue weighted by molar-refractivity contribution is -0.0508. The minimum atomic E-state index is -2.91. The van der Waals surface area contributed by atoms with Crippen LogP contribution in [-0.2, 0) is 0 Å². The summed E-state index contributed by atoms with van der Waals surface area (Å²) in [6.45, 7) is 0.657. The summed E-state index contributed by atoms with van der Waals surface area (Å²) in [6.07, 6.45) is 0.656. The molecule has 0 amide bonds. The lowest BCUT2D eigenvalue weighted by Crippen LogP contribution is -2.37. The molecule has 3 atom stereocenters. The second-order valence-electron chi connectivity index (χ2n) is 8.07. The number of hydrogen-bond acceptors (Lipinski definition) is 4. The average Bonchev–Trinajstić information content (AvgIpc) is 3.09. The lowest BCUT2D eigenvalue weighted by atomic mass is 9.88. The van der Waals surface area contributed by atoms with E-state index in [1.54, 1.807) is 32.0 Å². The Labute approximate surface area is 175 Å². The summed E-state index contributed by atoms with van der Waals surface area (Å²) in [6, 6.07) is 10.5. The third kappa shape index (κ3) is 3.02. The molecule has 3 aromatic rings. The maximum atomic E-state index is 13.1. The van der Waals surface area contributed by atoms with Crippen LogP contribution in [0.3, 0.4) is 0 Å². The standard InChI is InChI=1S/C21H19ClF2N2O2S/c1-21(2,27)18-11-9-14(17-15(28-20(23)24)4-3-5-16(17)29-18)26-13-8-10(22)6-7-12(13)25-19(11)26/h3-8,11,14,18,20,27H,9H2,1-2H3/t11-,14-,18?/m1/s1. The fourth-order valence-corrected chi connectivity index (χ4v) is 6.29. The number of benzene rings is 2. The van der Waals surface area contributed by atoms with Gasteiger partial charge in [0.25, 0.3) is 0 Å². The van der Waals surface area contributed by atoms with Gasteiger partial charge in [-0.1, -0.05) is 17.7 Å². The van der Waals surface area contributed by atoms with Crippen LogP contribution in [0.1, 0.15) is 43.6 Å². The number of fused-ring (bicyclic) bond motifs is 9. The Morgan fingerprint density at radius 3 is 2.83 bits per heavy atom. The van der Waals surface area contributed by atoms with Crippen LogP contribution in [0.2, 0.25) is 5.02 Å². The van der Waals surface area contributed by atoms with Crippen LogP contribution in [0.25, 0.3) is 11.0 Å². The molecule has 29 heavy (non-hydrogen) atoms. The zero-order valence-corrected chi connectivity index (χ0v) is 17.3. The Bertz CT molecular complexity index is 1110. The van der Waals surface area contributed by atoms with Crippen LogP contribution < -0.4 is 4.74 Å². The predicted molar refractivity (Wildman–Crippen MR) is 109 cm³/mol. The molecule has 1 aromatic heterocycles. The molecule has 3 heterocycles. The van der Waals surface area contributed by atoms with Gasteiger partial charge in [0.2, 0.25) is 0 Å². The van der Waals surface area contributed by atoms with E-state index < -0.39 is 12.2 Å². The van der Waals surface area contributed by atoms with Crippen LogP contribution in [-0.4, -0.2) is 32.1 Å². The fraction of sp³-hybridized carbons (Fsp3) is 0.381. The Hall–Kier alpha value is -1.83. The Kier molecular flexibility index (Phi) is 4.35. The number of hydrogen-bond donors (Lipinski definition) is 1. The molecule has 2 bridgehead atoms. The van der Waals surface area contributed by atoms with Crippen LogP contribution in [0.5, 0.6) is 5.75 Å². The second-order valence-corrected chi connectivity index (χ2v) is 9.69. The van der Waals surface area contributed by atoms with Crippen LogP contribution >= 0.6 is 23.4 Å². The van der Waals surface area contributed by atoms with Crippen molar-refractivity contribution in [2.75, 3.05) is 0 Å². The first-order valence-corrected chi connectivity index (χ1v) is 10.6. The first kappa shape index (κ1) is 19.2. The van der Waals surface area contributed by atoms with Gasteiger partial charge in [-0.25, -0.2) is 4.98 Å². The smallest absolute Gasteiger partial charge is 0.387 e. The average molecular weight is 437 g/mol. The number of alkyl halides is 2. The highest BCUT2D eigenvalue weighted by Gasteiger charge is 2.48. The number of thioether (sulfide) groups is 1. The highest BCUT2D eigenvalue weighted by molar-refractivity contribution is 8.00. The van der Waals surface area contributed by atoms with Crippen LogP contribution in [0.15, 0.2) is 41.3 Å². The van der Waals surface area contributed by atoms with Gasteiger partial charge in [-0.3, -0.25) is 0 Å². The highest BCUT2D eigenvalue weighted by atomic mass is 35.5. The van der Waals surface area contributed by atoms with Gasteiger partial charge in [-0.05, 0) is 50.6 Å². The summed E-state index contributed by atoms with van der Waals surface area (Å²) in [5.74, 6) is 0.981. The van der Waals surface area contributed by atoms with Crippen molar-refractivity contribution < 1.29 is 18.6 Å². The van der Waals surface area contributed by atoms with Crippen molar-refractivity contribution in [2.24, 2.45) is 0 Å². The molecule has 0 fully saturated rings. The summed E-state index contributed by atoms with van der Waals surface area (Å²) < 4.78 is 33.3. The highest BCUT2D eigenvalue weighted by Crippen LogP contribution is 2.57. The van der Waals surface area contributed by atoms with Crippen LogP contribution in [0.4, 0.5) is 8.78 Å². The minimum absolute atomic E-state index is 0.0389. The molecule has 4 nitrogen and oxygen atoms in total. The summed E-state index contributed by atoms with van der Waals surface area (Å²) in [5, 5.41) is 11.3. The largest absolute Gasteiger partial charge is 0.434 e. The Balaban J connectivity index is 1.80. The number of rotatable bonds is 3. The maximum absolute atomic E-state index is 13.1. The second kappa shape index (κ2) is 6.59. The fourth-order valence-electron chi connectivity index (χ4n) is 4.64. The zero-order chi connectivity index (χ0) is 20.5. The Morgan fingerprint density at radius 2 is 2.10 bits per heavy atom. The van der Waals surface area contributed by atoms with Crippen molar-refractivity contribution in [3.63, 3.8) is 0 Å². The van der Waals surface area contributed by atoms with E-state index in [0.717, 1.165) is 21.8 Å². The molecule has 0 radical (unpaired) electrons. The summed E-state index contributed by atoms with van der Waals surface area (Å²) in [5.41, 5.74) is 1.38. The minimum Gasteiger partial charge on any atom is -0.434 e. The number of nitrogens with zero attached hydrogens (tertiary/aromatic N) is 2. The molecule has 5 rings (SSSR count). The van der Waals surface area contributed by atoms with E-state index in [-0.39, 0.29) is 23.0 Å². The molecule has 2 aliphatic heterocycles. The normalized spacial score (nSPS) is 23.2. The molecular formula is C21H19ClF2N2O2S. The number of imidazole rings is 1. The van der Waals surface area contributed by atoms with E-state index >= 15 is 0 Å². The first-order chi connectivity index (χ1) is 13.7. The van der Waals surface area contributed by atoms with Gasteiger partial charge >= 0.3 is 6.61 Å². The van der Waals surface area contributed by atoms with E-state index in [4.69, 9.17) is 21.3 Å². The Morgan fingerprint density at radius 1 is 1.31 bits per heavy atom. The molecule has 1 unspecified atom stereocenters. The third-order valence-electron chi connectivity index (χ3n) is 5.69. The number of ether oxygens (including phenoxy) is 1. The zero-order valence-electron chi connectivity index (χ0n) is 15.8. The molecule has 0 spiro atoms. The maximum Gasteiger partial charge on any atom is 0.387 e. The molecule has 1 N–H and O–H groups in total. The molecule has 8 heteroatoms. The number of aliphatic hydroxyl groups is 1. The van der Waals surface area contributed by atoms with Crippen molar-refractivity contribution in [3.05, 3.63) is 52.8 Å². The van der Waals surface area contributed by atoms with E-state index in [9.17, 15) is 13.9 Å². The summed E-state index contributed by atoms with van der Waals surface area (Å²) in [7, 11) is 0. The molecule has 0 saturated carbocycles. The summed E-state index contributed by atoms with van der Waals surface area (Å²) in [4.78, 5) is 5.68. The van der Waals surface area contributed by atoms with E-state index in [1.807, 2.05) is 18.2 Å². The van der Waals surface area contributed by atoms with Crippen molar-refractivity contribution in [1.82, 2.24) is 9.55 Å². The van der Waals surface area contributed by atoms with Crippen molar-refractivity contribution in [2.45, 2.75) is 54.6 Å². The van der Waals surface area contributed by atoms with E-state index in [2.05, 4.69) is 4.57 Å². The topological polar surface area (TPSA) is 47.3 Å². The van der Waals surface area contributed by atoms with E-state index in [0.29, 0.717) is 17.0 Å². The molecule has 152 valence electrons. The first-order valence-electron chi connectivity index (χ1n) is 9.38. The molecule has 0 saturated heterocycles. The van der Waals surface area contributed by atoms with Crippen LogP contribution in [0, 0.1) is 0 Å². The molecular weight excluding hydrogens is 418 g/mol. The third-order valence-corrected chi connectivity index (χ3v) is 7.69. The van der Waals surface area contributed by atoms with Crippen molar-refractivity contribution in [1.29, 1.82) is 0 Å². The van der Waals surface area contributed by atoms with Gasteiger partial charge in [-0.15, -0.1) is 11.8 Å². The van der Waals surface area contributed by atoms with Gasteiger partial charge in [0.1, 0.15) is 11.6 Å². The number of aromatic nitrogens is 2. The van der Waals surface area contributed by atoms with Gasteiger partial charge in [0.05, 0.1) is 22.7 Å². The molecule has 2 aliphatic rings. The van der Waals surface area contributed by atoms with Gasteiger partial charge < -0.3 is 14.4 Å². The van der Waals surface area contributed by atoms with Gasteiger partial charge in [0.15, 0.2) is 0 Å². The van der Waals surface area contributed by atoms with Gasteiger partial charge in [0, 0.05) is 26.6 Å². The summed E-state index contributed by atoms with van der Waals surface area (Å²) >= 11 is 7.76. The molecule has 2 aromatic carbocycles. The predicted octanol–water partition coefficient (Wildman–Crippen LogP) is 5.61. The lowest BCUT2D eigenvalue weighted by Gasteiger charge is -2.32. The number of halogens is 3. The molecule has 0 aliphatic carbocycles.